The Kier molecular flexibility index (Phi) is 45.0. The second kappa shape index (κ2) is 46.5. The van der Waals surface area contributed by atoms with Gasteiger partial charge in [0, 0.05) is 32.4 Å². The standard InChI is InChI=1S/C55H103N3O2/c1-7-11-13-15-17-19-21-23-25-27-28-29-30-31-32-33-35-37-39-41-43-45-48-53(59)58(51-47-50-57(9-3)10-4)54(52(5)6)55(60)56-49-46-44-42-40-38-36-34-26-24-22-20-18-16-14-12-8-2/h52,54H,7-28,33-51H2,1-6H3,(H,56,60). The van der Waals surface area contributed by atoms with Crippen LogP contribution in [0.1, 0.15) is 273 Å². The van der Waals surface area contributed by atoms with Gasteiger partial charge in [-0.3, -0.25) is 9.59 Å². The third-order valence-corrected chi connectivity index (χ3v) is 12.5. The summed E-state index contributed by atoms with van der Waals surface area (Å²) < 4.78 is 0. The van der Waals surface area contributed by atoms with E-state index in [4.69, 9.17) is 0 Å². The van der Waals surface area contributed by atoms with Crippen molar-refractivity contribution in [2.24, 2.45) is 5.92 Å². The summed E-state index contributed by atoms with van der Waals surface area (Å²) in [6.45, 7) is 17.5. The van der Waals surface area contributed by atoms with E-state index in [1.165, 1.54) is 173 Å². The van der Waals surface area contributed by atoms with Crippen molar-refractivity contribution in [2.75, 3.05) is 32.7 Å². The molecule has 0 aromatic rings. The Hall–Kier alpha value is -1.98. The molecule has 0 bridgehead atoms. The fraction of sp³-hybridized carbons (Fsp3) is 0.891. The van der Waals surface area contributed by atoms with Crippen molar-refractivity contribution >= 4 is 11.8 Å². The molecule has 350 valence electrons. The van der Waals surface area contributed by atoms with Crippen LogP contribution < -0.4 is 5.32 Å². The first-order chi connectivity index (χ1) is 29.4. The summed E-state index contributed by atoms with van der Waals surface area (Å²) in [5, 5.41) is 3.24. The van der Waals surface area contributed by atoms with Crippen molar-refractivity contribution in [3.05, 3.63) is 0 Å². The van der Waals surface area contributed by atoms with Crippen molar-refractivity contribution in [1.29, 1.82) is 0 Å². The lowest BCUT2D eigenvalue weighted by molar-refractivity contribution is -0.142. The number of nitrogens with zero attached hydrogens (tertiary/aromatic N) is 2. The zero-order chi connectivity index (χ0) is 44.0. The van der Waals surface area contributed by atoms with Crippen LogP contribution in [0.5, 0.6) is 0 Å². The third kappa shape index (κ3) is 37.8. The van der Waals surface area contributed by atoms with Crippen LogP contribution in [0.3, 0.4) is 0 Å². The van der Waals surface area contributed by atoms with Gasteiger partial charge >= 0.3 is 0 Å². The lowest BCUT2D eigenvalue weighted by atomic mass is 9.99. The average Bonchev–Trinajstić information content (AvgIpc) is 3.24. The van der Waals surface area contributed by atoms with Crippen molar-refractivity contribution in [3.8, 4) is 23.7 Å². The van der Waals surface area contributed by atoms with Crippen LogP contribution in [0.2, 0.25) is 0 Å². The first-order valence-electron chi connectivity index (χ1n) is 26.7. The molecule has 0 aromatic carbocycles. The van der Waals surface area contributed by atoms with Crippen LogP contribution >= 0.6 is 0 Å². The van der Waals surface area contributed by atoms with Crippen LogP contribution in [0, 0.1) is 29.6 Å². The molecular weight excluding hydrogens is 735 g/mol. The van der Waals surface area contributed by atoms with E-state index in [-0.39, 0.29) is 17.7 Å². The molecule has 0 aliphatic rings. The first kappa shape index (κ1) is 58.0. The lowest BCUT2D eigenvalue weighted by Crippen LogP contribution is -2.53. The summed E-state index contributed by atoms with van der Waals surface area (Å²) in [5.41, 5.74) is 0. The molecule has 0 fully saturated rings. The summed E-state index contributed by atoms with van der Waals surface area (Å²) in [7, 11) is 0. The number of rotatable bonds is 44. The van der Waals surface area contributed by atoms with E-state index >= 15 is 0 Å². The van der Waals surface area contributed by atoms with Crippen molar-refractivity contribution in [3.63, 3.8) is 0 Å². The monoisotopic (exact) mass is 838 g/mol. The summed E-state index contributed by atoms with van der Waals surface area (Å²) >= 11 is 0. The molecule has 60 heavy (non-hydrogen) atoms. The van der Waals surface area contributed by atoms with Crippen molar-refractivity contribution in [1.82, 2.24) is 15.1 Å². The molecule has 1 N–H and O–H groups in total. The number of unbranched alkanes of at least 4 members (excludes halogenated alkanes) is 31. The third-order valence-electron chi connectivity index (χ3n) is 12.5. The Morgan fingerprint density at radius 1 is 0.450 bits per heavy atom. The van der Waals surface area contributed by atoms with Gasteiger partial charge in [-0.25, -0.2) is 0 Å². The fourth-order valence-electron chi connectivity index (χ4n) is 8.47. The molecule has 0 aliphatic heterocycles. The van der Waals surface area contributed by atoms with E-state index in [0.29, 0.717) is 19.5 Å². The largest absolute Gasteiger partial charge is 0.354 e. The van der Waals surface area contributed by atoms with E-state index in [9.17, 15) is 9.59 Å². The Morgan fingerprint density at radius 3 is 1.20 bits per heavy atom. The first-order valence-corrected chi connectivity index (χ1v) is 26.7. The van der Waals surface area contributed by atoms with Crippen molar-refractivity contribution in [2.45, 2.75) is 279 Å². The SMILES string of the molecule is CCCCCCCCCCCCC#CC#CCCCCCCCCC(=O)N(CCCN(CC)CC)C(C(=O)NCCCCCCCCCCCCCCCCCC)C(C)C. The van der Waals surface area contributed by atoms with Crippen LogP contribution in [-0.4, -0.2) is 60.4 Å². The fourth-order valence-corrected chi connectivity index (χ4v) is 8.47. The van der Waals surface area contributed by atoms with Gasteiger partial charge in [-0.15, -0.1) is 0 Å². The summed E-state index contributed by atoms with van der Waals surface area (Å²) in [5.74, 6) is 12.9. The zero-order valence-electron chi connectivity index (χ0n) is 41.4. The minimum atomic E-state index is -0.402. The summed E-state index contributed by atoms with van der Waals surface area (Å²) in [6, 6.07) is -0.402. The normalized spacial score (nSPS) is 11.7. The molecule has 2 amide bonds. The highest BCUT2D eigenvalue weighted by Crippen LogP contribution is 2.18. The molecule has 0 aliphatic carbocycles. The summed E-state index contributed by atoms with van der Waals surface area (Å²) in [6.07, 6.45) is 45.1. The number of carbonyl (C=O) groups is 2. The Morgan fingerprint density at radius 2 is 0.817 bits per heavy atom. The van der Waals surface area contributed by atoms with Gasteiger partial charge in [0.25, 0.3) is 0 Å². The average molecular weight is 838 g/mol. The number of carbonyl (C=O) groups excluding carboxylic acids is 2. The highest BCUT2D eigenvalue weighted by atomic mass is 16.2. The van der Waals surface area contributed by atoms with Crippen LogP contribution in [0.15, 0.2) is 0 Å². The molecule has 0 saturated heterocycles. The minimum Gasteiger partial charge on any atom is -0.354 e. The molecule has 5 heteroatoms. The molecule has 1 unspecified atom stereocenters. The number of amides is 2. The molecular formula is C55H103N3O2. The molecule has 0 saturated carbocycles. The molecule has 0 radical (unpaired) electrons. The summed E-state index contributed by atoms with van der Waals surface area (Å²) in [4.78, 5) is 31.7. The van der Waals surface area contributed by atoms with Crippen LogP contribution in [0.4, 0.5) is 0 Å². The molecule has 0 heterocycles. The van der Waals surface area contributed by atoms with Crippen LogP contribution in [-0.2, 0) is 9.59 Å². The quantitative estimate of drug-likeness (QED) is 0.0491. The van der Waals surface area contributed by atoms with Gasteiger partial charge in [0.1, 0.15) is 6.04 Å². The number of nitrogens with one attached hydrogen (secondary N) is 1. The van der Waals surface area contributed by atoms with Gasteiger partial charge in [0.2, 0.25) is 11.8 Å². The molecule has 0 spiro atoms. The van der Waals surface area contributed by atoms with Gasteiger partial charge in [-0.2, -0.15) is 0 Å². The molecule has 5 nitrogen and oxygen atoms in total. The molecule has 1 atom stereocenters. The van der Waals surface area contributed by atoms with Crippen LogP contribution in [0.25, 0.3) is 0 Å². The van der Waals surface area contributed by atoms with E-state index in [2.05, 4.69) is 75.4 Å². The second-order valence-corrected chi connectivity index (χ2v) is 18.4. The Balaban J connectivity index is 4.37. The van der Waals surface area contributed by atoms with Crippen molar-refractivity contribution < 1.29 is 9.59 Å². The predicted molar refractivity (Wildman–Crippen MR) is 264 cm³/mol. The van der Waals surface area contributed by atoms with E-state index in [1.54, 1.807) is 0 Å². The van der Waals surface area contributed by atoms with E-state index in [0.717, 1.165) is 71.0 Å². The predicted octanol–water partition coefficient (Wildman–Crippen LogP) is 15.4. The zero-order valence-corrected chi connectivity index (χ0v) is 41.4. The number of hydrogen-bond acceptors (Lipinski definition) is 3. The molecule has 0 aromatic heterocycles. The highest BCUT2D eigenvalue weighted by Gasteiger charge is 2.31. The number of hydrogen-bond donors (Lipinski definition) is 1. The Labute approximate surface area is 376 Å². The van der Waals surface area contributed by atoms with Gasteiger partial charge in [-0.1, -0.05) is 233 Å². The topological polar surface area (TPSA) is 52.7 Å². The highest BCUT2D eigenvalue weighted by molar-refractivity contribution is 5.87. The maximum absolute atomic E-state index is 13.8. The van der Waals surface area contributed by atoms with E-state index < -0.39 is 6.04 Å². The maximum Gasteiger partial charge on any atom is 0.243 e. The maximum atomic E-state index is 13.8. The van der Waals surface area contributed by atoms with Gasteiger partial charge in [0.05, 0.1) is 0 Å². The Bertz CT molecular complexity index is 1060. The lowest BCUT2D eigenvalue weighted by Gasteiger charge is -2.34. The molecule has 0 rings (SSSR count). The minimum absolute atomic E-state index is 0.0327. The van der Waals surface area contributed by atoms with Gasteiger partial charge < -0.3 is 15.1 Å². The second-order valence-electron chi connectivity index (χ2n) is 18.4. The smallest absolute Gasteiger partial charge is 0.243 e. The van der Waals surface area contributed by atoms with Gasteiger partial charge in [0.15, 0.2) is 0 Å². The van der Waals surface area contributed by atoms with Gasteiger partial charge in [-0.05, 0) is 69.5 Å². The van der Waals surface area contributed by atoms with E-state index in [1.807, 2.05) is 4.90 Å².